The summed E-state index contributed by atoms with van der Waals surface area (Å²) in [5, 5.41) is 16.8. The molecule has 27 heavy (non-hydrogen) atoms. The van der Waals surface area contributed by atoms with E-state index in [1.807, 2.05) is 32.0 Å². The Balaban J connectivity index is 2.02. The Kier molecular flexibility index (Phi) is 4.67. The minimum Gasteiger partial charge on any atom is -0.288 e. The van der Waals surface area contributed by atoms with Gasteiger partial charge in [0.1, 0.15) is 0 Å². The van der Waals surface area contributed by atoms with E-state index in [2.05, 4.69) is 25.9 Å². The van der Waals surface area contributed by atoms with Gasteiger partial charge in [-0.2, -0.15) is 5.10 Å². The van der Waals surface area contributed by atoms with E-state index in [-0.39, 0.29) is 12.5 Å². The smallest absolute Gasteiger partial charge is 0.288 e. The predicted octanol–water partition coefficient (Wildman–Crippen LogP) is -0.617. The Morgan fingerprint density at radius 2 is 1.74 bits per heavy atom. The molecule has 0 saturated heterocycles. The van der Waals surface area contributed by atoms with Gasteiger partial charge >= 0.3 is 5.69 Å². The number of anilines is 1. The van der Waals surface area contributed by atoms with E-state index in [9.17, 15) is 14.4 Å². The molecule has 0 aliphatic heterocycles. The van der Waals surface area contributed by atoms with E-state index < -0.39 is 22.9 Å². The first-order valence-corrected chi connectivity index (χ1v) is 8.05. The molecule has 1 aromatic carbocycles. The molecule has 0 bridgehead atoms. The van der Waals surface area contributed by atoms with Gasteiger partial charge in [-0.15, -0.1) is 0 Å². The third-order valence-electron chi connectivity index (χ3n) is 3.89. The highest BCUT2D eigenvalue weighted by molar-refractivity contribution is 6.01. The van der Waals surface area contributed by atoms with Crippen LogP contribution in [0, 0.1) is 13.8 Å². The number of hydrogen-bond donors (Lipinski definition) is 1. The van der Waals surface area contributed by atoms with Gasteiger partial charge in [0.2, 0.25) is 11.6 Å². The molecule has 0 atom stereocenters. The van der Waals surface area contributed by atoms with Gasteiger partial charge in [-0.1, -0.05) is 34.4 Å². The van der Waals surface area contributed by atoms with Crippen molar-refractivity contribution in [2.75, 3.05) is 5.32 Å². The zero-order valence-electron chi connectivity index (χ0n) is 15.3. The quantitative estimate of drug-likeness (QED) is 0.648. The maximum atomic E-state index is 12.7. The van der Waals surface area contributed by atoms with Crippen molar-refractivity contribution in [3.8, 4) is 0 Å². The number of carbonyl (C=O) groups is 1. The van der Waals surface area contributed by atoms with Crippen molar-refractivity contribution < 1.29 is 4.79 Å². The van der Waals surface area contributed by atoms with Crippen molar-refractivity contribution in [3.05, 3.63) is 61.4 Å². The SMILES string of the molecule is Cc1cc(C)cc(Cn2c(=O)c(C(=O)Nc3nnnn3C)nn(C)c2=O)c1. The van der Waals surface area contributed by atoms with Crippen LogP contribution in [0.2, 0.25) is 0 Å². The average molecular weight is 370 g/mol. The summed E-state index contributed by atoms with van der Waals surface area (Å²) >= 11 is 0. The van der Waals surface area contributed by atoms with Crippen molar-refractivity contribution in [3.63, 3.8) is 0 Å². The fraction of sp³-hybridized carbons (Fsp3) is 0.312. The third-order valence-corrected chi connectivity index (χ3v) is 3.89. The van der Waals surface area contributed by atoms with Crippen LogP contribution in [-0.4, -0.2) is 40.5 Å². The zero-order valence-corrected chi connectivity index (χ0v) is 15.3. The van der Waals surface area contributed by atoms with Crippen LogP contribution in [0.15, 0.2) is 27.8 Å². The van der Waals surface area contributed by atoms with E-state index >= 15 is 0 Å². The monoisotopic (exact) mass is 370 g/mol. The van der Waals surface area contributed by atoms with Crippen LogP contribution < -0.4 is 16.6 Å². The van der Waals surface area contributed by atoms with Gasteiger partial charge in [0.05, 0.1) is 6.54 Å². The number of nitrogens with one attached hydrogen (secondary N) is 1. The topological polar surface area (TPSA) is 130 Å². The summed E-state index contributed by atoms with van der Waals surface area (Å²) < 4.78 is 3.16. The molecule has 2 aromatic heterocycles. The van der Waals surface area contributed by atoms with Gasteiger partial charge in [-0.05, 0) is 29.8 Å². The van der Waals surface area contributed by atoms with Crippen LogP contribution in [-0.2, 0) is 20.6 Å². The summed E-state index contributed by atoms with van der Waals surface area (Å²) in [5.74, 6) is -0.751. The molecular weight excluding hydrogens is 352 g/mol. The molecule has 2 heterocycles. The number of nitrogens with zero attached hydrogens (tertiary/aromatic N) is 7. The second-order valence-electron chi connectivity index (χ2n) is 6.22. The number of aryl methyl sites for hydroxylation is 4. The van der Waals surface area contributed by atoms with E-state index in [0.29, 0.717) is 0 Å². The fourth-order valence-electron chi connectivity index (χ4n) is 2.75. The van der Waals surface area contributed by atoms with Gasteiger partial charge in [-0.3, -0.25) is 19.5 Å². The first-order chi connectivity index (χ1) is 12.8. The summed E-state index contributed by atoms with van der Waals surface area (Å²) in [5.41, 5.74) is 0.973. The Labute approximate surface area is 153 Å². The molecule has 11 heteroatoms. The molecule has 11 nitrogen and oxygen atoms in total. The molecule has 140 valence electrons. The lowest BCUT2D eigenvalue weighted by Crippen LogP contribution is -2.44. The van der Waals surface area contributed by atoms with Crippen molar-refractivity contribution >= 4 is 11.9 Å². The maximum absolute atomic E-state index is 12.7. The number of aromatic nitrogens is 7. The molecule has 0 spiro atoms. The van der Waals surface area contributed by atoms with Crippen LogP contribution >= 0.6 is 0 Å². The minimum absolute atomic E-state index is 0.0301. The standard InChI is InChI=1S/C16H18N8O3/c1-9-5-10(2)7-11(6-9)8-24-14(26)12(19-23(4)16(24)27)13(25)17-15-18-20-21-22(15)3/h5-7H,8H2,1-4H3,(H,17,18,21,25). The molecule has 1 amide bonds. The second kappa shape index (κ2) is 6.94. The fourth-order valence-corrected chi connectivity index (χ4v) is 2.75. The van der Waals surface area contributed by atoms with Crippen molar-refractivity contribution in [1.29, 1.82) is 0 Å². The van der Waals surface area contributed by atoms with E-state index in [1.54, 1.807) is 0 Å². The minimum atomic E-state index is -0.803. The van der Waals surface area contributed by atoms with Gasteiger partial charge in [0.25, 0.3) is 11.5 Å². The molecule has 0 unspecified atom stereocenters. The average Bonchev–Trinajstić information content (AvgIpc) is 2.99. The highest BCUT2D eigenvalue weighted by Gasteiger charge is 2.20. The van der Waals surface area contributed by atoms with Gasteiger partial charge < -0.3 is 0 Å². The van der Waals surface area contributed by atoms with E-state index in [1.165, 1.54) is 18.8 Å². The largest absolute Gasteiger partial charge is 0.347 e. The second-order valence-corrected chi connectivity index (χ2v) is 6.22. The molecule has 0 aliphatic rings. The summed E-state index contributed by atoms with van der Waals surface area (Å²) in [4.78, 5) is 37.6. The highest BCUT2D eigenvalue weighted by Crippen LogP contribution is 2.09. The van der Waals surface area contributed by atoms with Crippen molar-refractivity contribution in [1.82, 2.24) is 34.6 Å². The Hall–Kier alpha value is -3.63. The molecule has 0 saturated carbocycles. The number of carbonyl (C=O) groups excluding carboxylic acids is 1. The number of benzene rings is 1. The van der Waals surface area contributed by atoms with E-state index in [4.69, 9.17) is 0 Å². The van der Waals surface area contributed by atoms with Gasteiger partial charge in [-0.25, -0.2) is 14.2 Å². The number of tetrazole rings is 1. The lowest BCUT2D eigenvalue weighted by atomic mass is 10.1. The molecule has 3 rings (SSSR count). The Bertz CT molecular complexity index is 1120. The Morgan fingerprint density at radius 1 is 1.07 bits per heavy atom. The van der Waals surface area contributed by atoms with Crippen molar-refractivity contribution in [2.24, 2.45) is 14.1 Å². The predicted molar refractivity (Wildman–Crippen MR) is 95.5 cm³/mol. The first-order valence-electron chi connectivity index (χ1n) is 8.05. The van der Waals surface area contributed by atoms with Crippen LogP contribution in [0.5, 0.6) is 0 Å². The van der Waals surface area contributed by atoms with Gasteiger partial charge in [0, 0.05) is 14.1 Å². The normalized spacial score (nSPS) is 10.8. The summed E-state index contributed by atoms with van der Waals surface area (Å²) in [6, 6.07) is 5.75. The van der Waals surface area contributed by atoms with Crippen molar-refractivity contribution in [2.45, 2.75) is 20.4 Å². The first kappa shape index (κ1) is 18.2. The molecule has 0 aliphatic carbocycles. The van der Waals surface area contributed by atoms with Crippen LogP contribution in [0.1, 0.15) is 27.2 Å². The lowest BCUT2D eigenvalue weighted by Gasteiger charge is -2.10. The molecular formula is C16H18N8O3. The van der Waals surface area contributed by atoms with Crippen LogP contribution in [0.25, 0.3) is 0 Å². The van der Waals surface area contributed by atoms with Crippen LogP contribution in [0.4, 0.5) is 5.95 Å². The maximum Gasteiger partial charge on any atom is 0.347 e. The summed E-state index contributed by atoms with van der Waals surface area (Å²) in [6.07, 6.45) is 0. The Morgan fingerprint density at radius 3 is 2.33 bits per heavy atom. The highest BCUT2D eigenvalue weighted by atomic mass is 16.2. The van der Waals surface area contributed by atoms with E-state index in [0.717, 1.165) is 25.9 Å². The number of hydrogen-bond acceptors (Lipinski definition) is 7. The molecule has 1 N–H and O–H groups in total. The zero-order chi connectivity index (χ0) is 19.7. The van der Waals surface area contributed by atoms with Gasteiger partial charge in [0.15, 0.2) is 0 Å². The number of rotatable bonds is 4. The lowest BCUT2D eigenvalue weighted by molar-refractivity contribution is 0.101. The summed E-state index contributed by atoms with van der Waals surface area (Å²) in [6.45, 7) is 3.89. The third kappa shape index (κ3) is 3.66. The van der Waals surface area contributed by atoms with Crippen LogP contribution in [0.3, 0.4) is 0 Å². The molecule has 3 aromatic rings. The number of amides is 1. The molecule has 0 fully saturated rings. The molecule has 0 radical (unpaired) electrons. The summed E-state index contributed by atoms with van der Waals surface area (Å²) in [7, 11) is 2.91.